The maximum Gasteiger partial charge on any atom is 0.161 e. The summed E-state index contributed by atoms with van der Waals surface area (Å²) in [5, 5.41) is 12.6. The van der Waals surface area contributed by atoms with Crippen LogP contribution in [0.15, 0.2) is 30.3 Å². The third-order valence-corrected chi connectivity index (χ3v) is 3.59. The van der Waals surface area contributed by atoms with Gasteiger partial charge >= 0.3 is 0 Å². The van der Waals surface area contributed by atoms with Crippen molar-refractivity contribution in [3.8, 4) is 5.75 Å². The van der Waals surface area contributed by atoms with Crippen molar-refractivity contribution in [1.29, 1.82) is 0 Å². The SMILES string of the molecule is Oc1cccc2c1CCC2Nc1cc(F)c(F)cc1F. The fraction of sp³-hybridized carbons (Fsp3) is 0.200. The van der Waals surface area contributed by atoms with E-state index in [2.05, 4.69) is 5.32 Å². The molecule has 0 aromatic heterocycles. The monoisotopic (exact) mass is 279 g/mol. The standard InChI is InChI=1S/C15H12F3NO/c16-10-6-12(18)14(7-11(10)17)19-13-5-4-9-8(13)2-1-3-15(9)20/h1-3,6-7,13,19-20H,4-5H2. The fourth-order valence-corrected chi connectivity index (χ4v) is 2.61. The highest BCUT2D eigenvalue weighted by molar-refractivity contribution is 5.52. The van der Waals surface area contributed by atoms with Crippen molar-refractivity contribution in [2.75, 3.05) is 5.32 Å². The van der Waals surface area contributed by atoms with Gasteiger partial charge in [-0.3, -0.25) is 0 Å². The molecule has 1 aliphatic carbocycles. The molecule has 0 radical (unpaired) electrons. The Morgan fingerprint density at radius 3 is 2.60 bits per heavy atom. The van der Waals surface area contributed by atoms with Gasteiger partial charge in [-0.25, -0.2) is 13.2 Å². The van der Waals surface area contributed by atoms with Crippen molar-refractivity contribution in [2.24, 2.45) is 0 Å². The zero-order chi connectivity index (χ0) is 14.3. The predicted octanol–water partition coefficient (Wildman–Crippen LogP) is 3.91. The molecule has 0 heterocycles. The van der Waals surface area contributed by atoms with E-state index in [0.717, 1.165) is 17.2 Å². The van der Waals surface area contributed by atoms with Crippen LogP contribution in [0.3, 0.4) is 0 Å². The third kappa shape index (κ3) is 2.09. The fourth-order valence-electron chi connectivity index (χ4n) is 2.61. The maximum absolute atomic E-state index is 13.6. The second-order valence-corrected chi connectivity index (χ2v) is 4.83. The normalized spacial score (nSPS) is 17.1. The Morgan fingerprint density at radius 2 is 1.80 bits per heavy atom. The van der Waals surface area contributed by atoms with Crippen LogP contribution in [-0.2, 0) is 6.42 Å². The molecule has 2 N–H and O–H groups in total. The van der Waals surface area contributed by atoms with E-state index in [1.54, 1.807) is 12.1 Å². The molecule has 2 aromatic rings. The molecule has 2 aromatic carbocycles. The third-order valence-electron chi connectivity index (χ3n) is 3.59. The van der Waals surface area contributed by atoms with E-state index in [-0.39, 0.29) is 17.5 Å². The summed E-state index contributed by atoms with van der Waals surface area (Å²) < 4.78 is 39.7. The van der Waals surface area contributed by atoms with Crippen LogP contribution in [0.5, 0.6) is 5.75 Å². The smallest absolute Gasteiger partial charge is 0.161 e. The number of rotatable bonds is 2. The summed E-state index contributed by atoms with van der Waals surface area (Å²) >= 11 is 0. The topological polar surface area (TPSA) is 32.3 Å². The Kier molecular flexibility index (Phi) is 3.04. The summed E-state index contributed by atoms with van der Waals surface area (Å²) in [6.07, 6.45) is 1.32. The summed E-state index contributed by atoms with van der Waals surface area (Å²) in [7, 11) is 0. The minimum absolute atomic E-state index is 0.0786. The lowest BCUT2D eigenvalue weighted by atomic mass is 10.1. The van der Waals surface area contributed by atoms with Crippen LogP contribution in [0, 0.1) is 17.5 Å². The Morgan fingerprint density at radius 1 is 1.05 bits per heavy atom. The number of benzene rings is 2. The summed E-state index contributed by atoms with van der Waals surface area (Å²) in [5.41, 5.74) is 1.59. The van der Waals surface area contributed by atoms with Gasteiger partial charge in [0.1, 0.15) is 11.6 Å². The van der Waals surface area contributed by atoms with Gasteiger partial charge in [0, 0.05) is 12.1 Å². The lowest BCUT2D eigenvalue weighted by Gasteiger charge is -2.16. The summed E-state index contributed by atoms with van der Waals surface area (Å²) in [4.78, 5) is 0. The molecule has 0 bridgehead atoms. The first-order chi connectivity index (χ1) is 9.56. The quantitative estimate of drug-likeness (QED) is 0.817. The molecule has 2 nitrogen and oxygen atoms in total. The van der Waals surface area contributed by atoms with Crippen LogP contribution >= 0.6 is 0 Å². The van der Waals surface area contributed by atoms with E-state index in [4.69, 9.17) is 0 Å². The first-order valence-corrected chi connectivity index (χ1v) is 6.28. The van der Waals surface area contributed by atoms with Crippen LogP contribution < -0.4 is 5.32 Å². The first-order valence-electron chi connectivity index (χ1n) is 6.28. The number of anilines is 1. The number of fused-ring (bicyclic) bond motifs is 1. The average Bonchev–Trinajstić information content (AvgIpc) is 2.81. The molecule has 104 valence electrons. The molecule has 0 aliphatic heterocycles. The number of hydrogen-bond donors (Lipinski definition) is 2. The predicted molar refractivity (Wildman–Crippen MR) is 69.1 cm³/mol. The van der Waals surface area contributed by atoms with Crippen LogP contribution in [0.1, 0.15) is 23.6 Å². The molecule has 1 aliphatic rings. The minimum Gasteiger partial charge on any atom is -0.508 e. The van der Waals surface area contributed by atoms with E-state index < -0.39 is 17.5 Å². The molecule has 20 heavy (non-hydrogen) atoms. The van der Waals surface area contributed by atoms with Crippen molar-refractivity contribution in [2.45, 2.75) is 18.9 Å². The number of phenolic OH excluding ortho intramolecular Hbond substituents is 1. The Bertz CT molecular complexity index is 672. The highest BCUT2D eigenvalue weighted by atomic mass is 19.2. The molecule has 1 unspecified atom stereocenters. The lowest BCUT2D eigenvalue weighted by Crippen LogP contribution is -2.09. The number of phenols is 1. The van der Waals surface area contributed by atoms with Gasteiger partial charge in [-0.05, 0) is 30.0 Å². The molecule has 3 rings (SSSR count). The lowest BCUT2D eigenvalue weighted by molar-refractivity contribution is 0.469. The minimum atomic E-state index is -1.21. The molecule has 0 fully saturated rings. The summed E-state index contributed by atoms with van der Waals surface area (Å²) in [6, 6.07) is 6.24. The number of halogens is 3. The number of aromatic hydroxyl groups is 1. The Balaban J connectivity index is 1.91. The van der Waals surface area contributed by atoms with Crippen LogP contribution in [0.25, 0.3) is 0 Å². The van der Waals surface area contributed by atoms with Crippen LogP contribution in [0.4, 0.5) is 18.9 Å². The van der Waals surface area contributed by atoms with E-state index >= 15 is 0 Å². The van der Waals surface area contributed by atoms with Crippen molar-refractivity contribution in [3.63, 3.8) is 0 Å². The Labute approximate surface area is 113 Å². The van der Waals surface area contributed by atoms with E-state index in [0.29, 0.717) is 18.9 Å². The van der Waals surface area contributed by atoms with Crippen molar-refractivity contribution in [1.82, 2.24) is 0 Å². The largest absolute Gasteiger partial charge is 0.508 e. The van der Waals surface area contributed by atoms with Gasteiger partial charge < -0.3 is 10.4 Å². The van der Waals surface area contributed by atoms with Gasteiger partial charge in [0.05, 0.1) is 11.7 Å². The summed E-state index contributed by atoms with van der Waals surface area (Å²) in [5.74, 6) is -2.93. The molecule has 0 spiro atoms. The second kappa shape index (κ2) is 4.74. The van der Waals surface area contributed by atoms with Gasteiger partial charge in [0.15, 0.2) is 11.6 Å². The zero-order valence-corrected chi connectivity index (χ0v) is 10.5. The van der Waals surface area contributed by atoms with Crippen molar-refractivity contribution in [3.05, 3.63) is 58.9 Å². The van der Waals surface area contributed by atoms with Gasteiger partial charge in [-0.1, -0.05) is 12.1 Å². The molecular formula is C15H12F3NO. The second-order valence-electron chi connectivity index (χ2n) is 4.83. The molecule has 0 saturated heterocycles. The van der Waals surface area contributed by atoms with Crippen LogP contribution in [0.2, 0.25) is 0 Å². The van der Waals surface area contributed by atoms with Gasteiger partial charge in [0.25, 0.3) is 0 Å². The summed E-state index contributed by atoms with van der Waals surface area (Å²) in [6.45, 7) is 0. The highest BCUT2D eigenvalue weighted by Gasteiger charge is 2.25. The van der Waals surface area contributed by atoms with Gasteiger partial charge in [-0.2, -0.15) is 0 Å². The van der Waals surface area contributed by atoms with Gasteiger partial charge in [0.2, 0.25) is 0 Å². The molecular weight excluding hydrogens is 267 g/mol. The van der Waals surface area contributed by atoms with Gasteiger partial charge in [-0.15, -0.1) is 0 Å². The van der Waals surface area contributed by atoms with E-state index in [1.165, 1.54) is 0 Å². The molecule has 0 amide bonds. The average molecular weight is 279 g/mol. The van der Waals surface area contributed by atoms with Crippen molar-refractivity contribution < 1.29 is 18.3 Å². The van der Waals surface area contributed by atoms with Crippen LogP contribution in [-0.4, -0.2) is 5.11 Å². The molecule has 5 heteroatoms. The van der Waals surface area contributed by atoms with Crippen molar-refractivity contribution >= 4 is 5.69 Å². The highest BCUT2D eigenvalue weighted by Crippen LogP contribution is 2.38. The number of hydrogen-bond acceptors (Lipinski definition) is 2. The molecule has 0 saturated carbocycles. The van der Waals surface area contributed by atoms with E-state index in [9.17, 15) is 18.3 Å². The first kappa shape index (κ1) is 12.8. The Hall–Kier alpha value is -2.17. The van der Waals surface area contributed by atoms with E-state index in [1.807, 2.05) is 6.07 Å². The number of nitrogens with one attached hydrogen (secondary N) is 1. The molecule has 1 atom stereocenters. The maximum atomic E-state index is 13.6. The zero-order valence-electron chi connectivity index (χ0n) is 10.5.